The van der Waals surface area contributed by atoms with E-state index in [0.29, 0.717) is 0 Å². The maximum atomic E-state index is 11.9. The number of ether oxygens (including phenoxy) is 1. The van der Waals surface area contributed by atoms with E-state index >= 15 is 0 Å². The summed E-state index contributed by atoms with van der Waals surface area (Å²) in [6, 6.07) is 3.84. The molecule has 80 valence electrons. The van der Waals surface area contributed by atoms with E-state index < -0.39 is 18.8 Å². The summed E-state index contributed by atoms with van der Waals surface area (Å²) in [5.74, 6) is -0.850. The van der Waals surface area contributed by atoms with Crippen LogP contribution in [0.1, 0.15) is 11.3 Å². The second-order valence-corrected chi connectivity index (χ2v) is 2.47. The molecule has 0 radical (unpaired) electrons. The fourth-order valence-electron chi connectivity index (χ4n) is 0.839. The predicted octanol–water partition coefficient (Wildman–Crippen LogP) is 1.34. The van der Waals surface area contributed by atoms with Crippen molar-refractivity contribution in [3.63, 3.8) is 0 Å². The molecule has 0 aliphatic heterocycles. The van der Waals surface area contributed by atoms with Crippen LogP contribution in [0.3, 0.4) is 0 Å². The molecule has 0 unspecified atom stereocenters. The fraction of sp³-hybridized carbons (Fsp3) is 0.250. The molecule has 0 aromatic carbocycles. The molecule has 1 heterocycles. The Morgan fingerprint density at radius 3 is 2.60 bits per heavy atom. The molecule has 0 fully saturated rings. The minimum atomic E-state index is -4.91. The molecule has 0 saturated carbocycles. The van der Waals surface area contributed by atoms with Gasteiger partial charge in [-0.05, 0) is 12.1 Å². The van der Waals surface area contributed by atoms with Gasteiger partial charge >= 0.3 is 6.36 Å². The highest BCUT2D eigenvalue weighted by atomic mass is 19.4. The van der Waals surface area contributed by atoms with Crippen LogP contribution in [0.15, 0.2) is 12.1 Å². The van der Waals surface area contributed by atoms with Crippen LogP contribution in [0.25, 0.3) is 0 Å². The Kier molecular flexibility index (Phi) is 3.11. The SMILES string of the molecule is N#Cc1ccc(CO)nc1OC(F)(F)F. The second-order valence-electron chi connectivity index (χ2n) is 2.47. The molecule has 0 bridgehead atoms. The molecule has 1 rings (SSSR count). The van der Waals surface area contributed by atoms with Crippen LogP contribution in [0, 0.1) is 11.3 Å². The summed E-state index contributed by atoms with van der Waals surface area (Å²) in [5, 5.41) is 17.1. The molecule has 4 nitrogen and oxygen atoms in total. The van der Waals surface area contributed by atoms with Gasteiger partial charge in [0.25, 0.3) is 0 Å². The number of pyridine rings is 1. The van der Waals surface area contributed by atoms with Gasteiger partial charge in [-0.3, -0.25) is 0 Å². The zero-order valence-electron chi connectivity index (χ0n) is 7.25. The number of aliphatic hydroxyl groups is 1. The lowest BCUT2D eigenvalue weighted by atomic mass is 10.2. The van der Waals surface area contributed by atoms with E-state index in [4.69, 9.17) is 10.4 Å². The summed E-state index contributed by atoms with van der Waals surface area (Å²) in [6.45, 7) is -0.528. The van der Waals surface area contributed by atoms with E-state index in [0.717, 1.165) is 6.07 Å². The van der Waals surface area contributed by atoms with Crippen LogP contribution in [0.4, 0.5) is 13.2 Å². The molecular formula is C8H5F3N2O2. The van der Waals surface area contributed by atoms with Crippen LogP contribution >= 0.6 is 0 Å². The Labute approximate surface area is 82.5 Å². The maximum absolute atomic E-state index is 11.9. The van der Waals surface area contributed by atoms with Crippen molar-refractivity contribution >= 4 is 0 Å². The van der Waals surface area contributed by atoms with Crippen molar-refractivity contribution in [1.82, 2.24) is 4.98 Å². The third-order valence-corrected chi connectivity index (χ3v) is 1.41. The van der Waals surface area contributed by atoms with E-state index in [1.165, 1.54) is 12.1 Å². The normalized spacial score (nSPS) is 10.9. The number of aliphatic hydroxyl groups excluding tert-OH is 1. The molecule has 0 spiro atoms. The molecule has 1 aromatic heterocycles. The zero-order valence-corrected chi connectivity index (χ0v) is 7.25. The summed E-state index contributed by atoms with van der Waals surface area (Å²) in [6.07, 6.45) is -4.91. The van der Waals surface area contributed by atoms with Gasteiger partial charge in [0.2, 0.25) is 5.88 Å². The van der Waals surface area contributed by atoms with Gasteiger partial charge in [0.15, 0.2) is 0 Å². The van der Waals surface area contributed by atoms with E-state index in [-0.39, 0.29) is 11.3 Å². The van der Waals surface area contributed by atoms with Gasteiger partial charge in [0.1, 0.15) is 11.6 Å². The summed E-state index contributed by atoms with van der Waals surface area (Å²) in [7, 11) is 0. The van der Waals surface area contributed by atoms with Crippen molar-refractivity contribution in [2.75, 3.05) is 0 Å². The van der Waals surface area contributed by atoms with E-state index in [9.17, 15) is 13.2 Å². The van der Waals surface area contributed by atoms with Crippen molar-refractivity contribution < 1.29 is 23.0 Å². The first-order valence-electron chi connectivity index (χ1n) is 3.73. The van der Waals surface area contributed by atoms with Crippen molar-refractivity contribution in [3.05, 3.63) is 23.4 Å². The monoisotopic (exact) mass is 218 g/mol. The smallest absolute Gasteiger partial charge is 0.390 e. The molecular weight excluding hydrogens is 213 g/mol. The lowest BCUT2D eigenvalue weighted by Gasteiger charge is -2.09. The topological polar surface area (TPSA) is 66.1 Å². The van der Waals surface area contributed by atoms with Crippen molar-refractivity contribution in [1.29, 1.82) is 5.26 Å². The summed E-state index contributed by atoms with van der Waals surface area (Å²) in [5.41, 5.74) is -0.349. The molecule has 7 heteroatoms. The minimum Gasteiger partial charge on any atom is -0.390 e. The Morgan fingerprint density at radius 1 is 1.47 bits per heavy atom. The predicted molar refractivity (Wildman–Crippen MR) is 41.6 cm³/mol. The zero-order chi connectivity index (χ0) is 11.5. The quantitative estimate of drug-likeness (QED) is 0.813. The van der Waals surface area contributed by atoms with Gasteiger partial charge in [-0.25, -0.2) is 4.98 Å². The lowest BCUT2D eigenvalue weighted by Crippen LogP contribution is -2.19. The number of aromatic nitrogens is 1. The van der Waals surface area contributed by atoms with Crippen molar-refractivity contribution in [2.24, 2.45) is 0 Å². The van der Waals surface area contributed by atoms with Gasteiger partial charge < -0.3 is 9.84 Å². The van der Waals surface area contributed by atoms with Crippen LogP contribution in [-0.4, -0.2) is 16.5 Å². The number of nitriles is 1. The fourth-order valence-corrected chi connectivity index (χ4v) is 0.839. The second kappa shape index (κ2) is 4.14. The van der Waals surface area contributed by atoms with Crippen molar-refractivity contribution in [2.45, 2.75) is 13.0 Å². The van der Waals surface area contributed by atoms with Gasteiger partial charge in [-0.1, -0.05) is 0 Å². The number of hydrogen-bond donors (Lipinski definition) is 1. The molecule has 1 aromatic rings. The van der Waals surface area contributed by atoms with Crippen molar-refractivity contribution in [3.8, 4) is 11.9 Å². The summed E-state index contributed by atoms with van der Waals surface area (Å²) < 4.78 is 39.1. The average molecular weight is 218 g/mol. The maximum Gasteiger partial charge on any atom is 0.574 e. The Bertz CT molecular complexity index is 398. The molecule has 15 heavy (non-hydrogen) atoms. The standard InChI is InChI=1S/C8H5F3N2O2/c9-8(10,11)15-7-5(3-12)1-2-6(4-14)13-7/h1-2,14H,4H2. The van der Waals surface area contributed by atoms with Crippen LogP contribution in [0.5, 0.6) is 5.88 Å². The van der Waals surface area contributed by atoms with Gasteiger partial charge in [0, 0.05) is 0 Å². The highest BCUT2D eigenvalue weighted by molar-refractivity contribution is 5.38. The van der Waals surface area contributed by atoms with Crippen LogP contribution in [-0.2, 0) is 6.61 Å². The highest BCUT2D eigenvalue weighted by Crippen LogP contribution is 2.24. The summed E-state index contributed by atoms with van der Waals surface area (Å²) in [4.78, 5) is 3.33. The molecule has 0 amide bonds. The van der Waals surface area contributed by atoms with Gasteiger partial charge in [-0.15, -0.1) is 13.2 Å². The van der Waals surface area contributed by atoms with Crippen LogP contribution in [0.2, 0.25) is 0 Å². The van der Waals surface area contributed by atoms with E-state index in [2.05, 4.69) is 9.72 Å². The number of rotatable bonds is 2. The largest absolute Gasteiger partial charge is 0.574 e. The van der Waals surface area contributed by atoms with E-state index in [1.807, 2.05) is 0 Å². The lowest BCUT2D eigenvalue weighted by molar-refractivity contribution is -0.276. The first kappa shape index (κ1) is 11.3. The number of alkyl halides is 3. The van der Waals surface area contributed by atoms with Crippen LogP contribution < -0.4 is 4.74 Å². The highest BCUT2D eigenvalue weighted by Gasteiger charge is 2.33. The number of nitrogens with zero attached hydrogens (tertiary/aromatic N) is 2. The van der Waals surface area contributed by atoms with Gasteiger partial charge in [0.05, 0.1) is 12.3 Å². The third-order valence-electron chi connectivity index (χ3n) is 1.41. The molecule has 0 atom stereocenters. The first-order valence-corrected chi connectivity index (χ1v) is 3.73. The Hall–Kier alpha value is -1.81. The molecule has 0 saturated heterocycles. The molecule has 0 aliphatic rings. The molecule has 0 aliphatic carbocycles. The third kappa shape index (κ3) is 3.11. The first-order chi connectivity index (χ1) is 6.96. The molecule has 1 N–H and O–H groups in total. The minimum absolute atomic E-state index is 0.00625. The van der Waals surface area contributed by atoms with E-state index in [1.54, 1.807) is 0 Å². The Morgan fingerprint density at radius 2 is 2.13 bits per heavy atom. The van der Waals surface area contributed by atoms with Gasteiger partial charge in [-0.2, -0.15) is 5.26 Å². The average Bonchev–Trinajstić information content (AvgIpc) is 2.15. The summed E-state index contributed by atoms with van der Waals surface area (Å²) >= 11 is 0. The number of halogens is 3. The Balaban J connectivity index is 3.08. The number of hydrogen-bond acceptors (Lipinski definition) is 4.